The van der Waals surface area contributed by atoms with Crippen LogP contribution in [0.15, 0.2) is 47.3 Å². The largest absolute Gasteiger partial charge is 0.458 e. The summed E-state index contributed by atoms with van der Waals surface area (Å²) in [4.78, 5) is 95.7. The molecule has 4 aliphatic rings. The molecule has 8 N–H and O–H groups in total. The summed E-state index contributed by atoms with van der Waals surface area (Å²) in [5.41, 5.74) is 7.58. The van der Waals surface area contributed by atoms with Crippen molar-refractivity contribution in [3.63, 3.8) is 0 Å². The van der Waals surface area contributed by atoms with Crippen molar-refractivity contribution >= 4 is 46.4 Å². The first-order valence-corrected chi connectivity index (χ1v) is 21.2. The number of benzene rings is 2. The summed E-state index contributed by atoms with van der Waals surface area (Å²) in [6.07, 6.45) is 1.68. The van der Waals surface area contributed by atoms with E-state index in [1.165, 1.54) is 17.6 Å². The molecule has 0 bridgehead atoms. The van der Waals surface area contributed by atoms with Gasteiger partial charge in [0.2, 0.25) is 29.5 Å². The summed E-state index contributed by atoms with van der Waals surface area (Å²) < 4.78 is 27.9. The Balaban J connectivity index is 0.941. The van der Waals surface area contributed by atoms with Gasteiger partial charge < -0.3 is 51.5 Å². The molecule has 64 heavy (non-hydrogen) atoms. The van der Waals surface area contributed by atoms with Crippen molar-refractivity contribution in [3.8, 4) is 11.4 Å². The average Bonchev–Trinajstić information content (AvgIpc) is 4.02. The molecule has 18 nitrogen and oxygen atoms in total. The number of fused-ring (bicyclic) bond motifs is 5. The van der Waals surface area contributed by atoms with Gasteiger partial charge in [0.15, 0.2) is 5.60 Å². The number of halogens is 1. The monoisotopic (exact) mass is 880 g/mol. The smallest absolute Gasteiger partial charge is 0.343 e. The van der Waals surface area contributed by atoms with E-state index in [-0.39, 0.29) is 49.6 Å². The number of aliphatic hydroxyl groups is 1. The molecule has 5 amide bonds. The first kappa shape index (κ1) is 44.1. The van der Waals surface area contributed by atoms with Crippen molar-refractivity contribution < 1.29 is 47.7 Å². The normalized spacial score (nSPS) is 19.0. The van der Waals surface area contributed by atoms with Crippen LogP contribution in [-0.2, 0) is 69.8 Å². The Kier molecular flexibility index (Phi) is 12.3. The Morgan fingerprint density at radius 1 is 0.984 bits per heavy atom. The lowest BCUT2D eigenvalue weighted by atomic mass is 9.81. The van der Waals surface area contributed by atoms with Gasteiger partial charge in [-0.05, 0) is 67.3 Å². The number of ether oxygens (including phenoxy) is 2. The number of esters is 1. The summed E-state index contributed by atoms with van der Waals surface area (Å²) in [6.45, 7) is 1.41. The number of hydrogen-bond donors (Lipinski definition) is 7. The fraction of sp³-hybridized carbons (Fsp3) is 0.422. The predicted molar refractivity (Wildman–Crippen MR) is 226 cm³/mol. The van der Waals surface area contributed by atoms with Crippen LogP contribution in [0.4, 0.5) is 4.39 Å². The Labute approximate surface area is 365 Å². The van der Waals surface area contributed by atoms with Crippen molar-refractivity contribution in [2.45, 2.75) is 89.3 Å². The number of nitrogens with zero attached hydrogens (tertiary/aromatic N) is 2. The first-order chi connectivity index (χ1) is 30.7. The van der Waals surface area contributed by atoms with Crippen LogP contribution in [0.5, 0.6) is 0 Å². The number of cyclic esters (lactones) is 1. The highest BCUT2D eigenvalue weighted by Crippen LogP contribution is 2.48. The molecule has 19 heteroatoms. The summed E-state index contributed by atoms with van der Waals surface area (Å²) in [7, 11) is 0. The molecule has 0 unspecified atom stereocenters. The van der Waals surface area contributed by atoms with E-state index in [0.717, 1.165) is 24.0 Å². The van der Waals surface area contributed by atoms with Crippen molar-refractivity contribution in [2.75, 3.05) is 26.4 Å². The van der Waals surface area contributed by atoms with Gasteiger partial charge >= 0.3 is 5.97 Å². The van der Waals surface area contributed by atoms with Gasteiger partial charge in [0, 0.05) is 29.0 Å². The second kappa shape index (κ2) is 17.9. The number of aryl methyl sites for hydroxylation is 1. The third-order valence-electron chi connectivity index (χ3n) is 12.4. The van der Waals surface area contributed by atoms with E-state index in [1.807, 2.05) is 0 Å². The third kappa shape index (κ3) is 8.69. The second-order valence-electron chi connectivity index (χ2n) is 16.8. The maximum absolute atomic E-state index is 15.4. The molecular weight excluding hydrogens is 832 g/mol. The highest BCUT2D eigenvalue weighted by atomic mass is 19.1. The van der Waals surface area contributed by atoms with Crippen molar-refractivity contribution in [2.24, 2.45) is 11.7 Å². The Morgan fingerprint density at radius 2 is 1.73 bits per heavy atom. The van der Waals surface area contributed by atoms with Crippen LogP contribution in [0.2, 0.25) is 0 Å². The Bertz CT molecular complexity index is 2650. The summed E-state index contributed by atoms with van der Waals surface area (Å²) in [6, 6.07) is 10.2. The van der Waals surface area contributed by atoms with Crippen LogP contribution in [0.1, 0.15) is 77.6 Å². The van der Waals surface area contributed by atoms with Gasteiger partial charge in [0.05, 0.1) is 54.7 Å². The number of amides is 5. The van der Waals surface area contributed by atoms with Gasteiger partial charge in [0.1, 0.15) is 31.3 Å². The molecule has 2 aromatic carbocycles. The van der Waals surface area contributed by atoms with Crippen molar-refractivity contribution in [1.29, 1.82) is 0 Å². The van der Waals surface area contributed by atoms with Crippen LogP contribution >= 0.6 is 0 Å². The standard InChI is InChI=1S/C45H49FN8O10/c1-22-26-10-11-31(53-41(58)23(2)64-21-50-36(56)17-49-42(59)33(12-24-6-4-3-5-7-24)51-37(57)18-48-35(55)16-47)39-27-19-54-34(40(27)52-32(38(26)39)14-30(22)46)13-29-28(43(54)60)20-63-44(61)45(29,62)15-25-8-9-25/h3-7,13-14,23,25,31,33,62H,8-12,15-21,47H2,1-2H3,(H,48,55)(H,49,59)(H,50,56)(H,51,57)(H,53,58)/t23-,31-,33-,45-/m0/s1. The van der Waals surface area contributed by atoms with Gasteiger partial charge in [-0.25, -0.2) is 14.2 Å². The minimum atomic E-state index is -1.99. The SMILES string of the molecule is Cc1c(F)cc2nc3c(c4c2c1CC[C@@H]4NC(=O)[C@H](C)OCNC(=O)CNC(=O)[C@H](Cc1ccccc1)NC(=O)CNC(=O)CN)Cn1c-3cc2c(c1=O)COC(=O)[C@]2(O)CC1CC1. The third-order valence-corrected chi connectivity index (χ3v) is 12.4. The number of nitrogens with two attached hydrogens (primary N) is 1. The number of hydrogen-bond acceptors (Lipinski definition) is 12. The van der Waals surface area contributed by atoms with E-state index in [4.69, 9.17) is 20.2 Å². The first-order valence-electron chi connectivity index (χ1n) is 21.2. The maximum atomic E-state index is 15.4. The van der Waals surface area contributed by atoms with E-state index >= 15 is 4.39 Å². The fourth-order valence-electron chi connectivity index (χ4n) is 8.82. The molecule has 0 saturated heterocycles. The molecule has 2 aliphatic heterocycles. The highest BCUT2D eigenvalue weighted by molar-refractivity contribution is 5.95. The lowest BCUT2D eigenvalue weighted by Gasteiger charge is -2.32. The minimum Gasteiger partial charge on any atom is -0.458 e. The quantitative estimate of drug-likeness (QED) is 0.0526. The molecule has 1 saturated carbocycles. The van der Waals surface area contributed by atoms with Gasteiger partial charge in [-0.2, -0.15) is 0 Å². The number of aromatic nitrogens is 2. The minimum absolute atomic E-state index is 0.0767. The molecule has 1 fully saturated rings. The molecule has 4 heterocycles. The van der Waals surface area contributed by atoms with E-state index in [9.17, 15) is 38.7 Å². The molecular formula is C45H49FN8O10. The van der Waals surface area contributed by atoms with Gasteiger partial charge in [-0.15, -0.1) is 0 Å². The van der Waals surface area contributed by atoms with E-state index < -0.39 is 90.5 Å². The van der Waals surface area contributed by atoms with E-state index in [2.05, 4.69) is 26.6 Å². The zero-order valence-electron chi connectivity index (χ0n) is 35.3. The zero-order chi connectivity index (χ0) is 45.4. The van der Waals surface area contributed by atoms with Crippen molar-refractivity contribution in [3.05, 3.63) is 97.6 Å². The zero-order valence-corrected chi connectivity index (χ0v) is 35.3. The molecule has 2 aromatic heterocycles. The summed E-state index contributed by atoms with van der Waals surface area (Å²) in [5, 5.41) is 25.4. The maximum Gasteiger partial charge on any atom is 0.343 e. The van der Waals surface area contributed by atoms with Crippen LogP contribution in [0.25, 0.3) is 22.3 Å². The highest BCUT2D eigenvalue weighted by Gasteiger charge is 2.50. The number of pyridine rings is 2. The Morgan fingerprint density at radius 3 is 2.47 bits per heavy atom. The van der Waals surface area contributed by atoms with Crippen LogP contribution < -0.4 is 37.9 Å². The molecule has 2 aliphatic carbocycles. The number of nitrogens with one attached hydrogen (secondary N) is 5. The van der Waals surface area contributed by atoms with Gasteiger partial charge in [0.25, 0.3) is 5.56 Å². The van der Waals surface area contributed by atoms with E-state index in [1.54, 1.807) is 43.3 Å². The Hall–Kier alpha value is -6.57. The molecule has 8 rings (SSSR count). The summed E-state index contributed by atoms with van der Waals surface area (Å²) >= 11 is 0. The molecule has 336 valence electrons. The average molecular weight is 881 g/mol. The molecule has 4 atom stereocenters. The van der Waals surface area contributed by atoms with Gasteiger partial charge in [-0.1, -0.05) is 43.2 Å². The molecule has 4 aromatic rings. The second-order valence-corrected chi connectivity index (χ2v) is 16.8. The van der Waals surface area contributed by atoms with E-state index in [0.29, 0.717) is 51.8 Å². The predicted octanol–water partition coefficient (Wildman–Crippen LogP) is 0.418. The topological polar surface area (TPSA) is 262 Å². The molecule has 0 radical (unpaired) electrons. The number of carbonyl (C=O) groups is 6. The number of carbonyl (C=O) groups excluding carboxylic acids is 6. The van der Waals surface area contributed by atoms with Crippen LogP contribution in [0, 0.1) is 18.7 Å². The van der Waals surface area contributed by atoms with Crippen molar-refractivity contribution in [1.82, 2.24) is 36.1 Å². The van der Waals surface area contributed by atoms with Crippen LogP contribution in [-0.4, -0.2) is 88.7 Å². The number of rotatable bonds is 16. The lowest BCUT2D eigenvalue weighted by molar-refractivity contribution is -0.173. The molecule has 0 spiro atoms. The fourth-order valence-corrected chi connectivity index (χ4v) is 8.82. The summed E-state index contributed by atoms with van der Waals surface area (Å²) in [5.74, 6) is -4.11. The van der Waals surface area contributed by atoms with Crippen LogP contribution in [0.3, 0.4) is 0 Å². The van der Waals surface area contributed by atoms with Gasteiger partial charge in [-0.3, -0.25) is 28.8 Å². The lowest BCUT2D eigenvalue weighted by Crippen LogP contribution is -2.52.